The molecule has 0 N–H and O–H groups in total. The molecule has 0 bridgehead atoms. The lowest BCUT2D eigenvalue weighted by Crippen LogP contribution is -2.60. The van der Waals surface area contributed by atoms with Gasteiger partial charge < -0.3 is 28.4 Å². The van der Waals surface area contributed by atoms with Gasteiger partial charge in [0.2, 0.25) is 6.29 Å². The Labute approximate surface area is 269 Å². The van der Waals surface area contributed by atoms with Gasteiger partial charge in [-0.15, -0.1) is 0 Å². The van der Waals surface area contributed by atoms with Crippen molar-refractivity contribution in [3.63, 3.8) is 0 Å². The van der Waals surface area contributed by atoms with E-state index in [-0.39, 0.29) is 12.1 Å². The van der Waals surface area contributed by atoms with Crippen LogP contribution in [-0.4, -0.2) is 43.8 Å². The van der Waals surface area contributed by atoms with Crippen molar-refractivity contribution >= 4 is 16.7 Å². The minimum absolute atomic E-state index is 0.341. The third kappa shape index (κ3) is 7.81. The van der Waals surface area contributed by atoms with Gasteiger partial charge in [0.25, 0.3) is 0 Å². The van der Waals surface area contributed by atoms with Crippen LogP contribution < -0.4 is 4.74 Å². The molecule has 0 saturated carbocycles. The van der Waals surface area contributed by atoms with E-state index in [2.05, 4.69) is 0 Å². The van der Waals surface area contributed by atoms with E-state index in [1.54, 1.807) is 12.1 Å². The van der Waals surface area contributed by atoms with E-state index < -0.39 is 24.6 Å². The fourth-order valence-corrected chi connectivity index (χ4v) is 5.64. The zero-order valence-corrected chi connectivity index (χ0v) is 26.0. The number of benzene rings is 5. The van der Waals surface area contributed by atoms with Crippen LogP contribution in [0, 0.1) is 0 Å². The van der Waals surface area contributed by atoms with Crippen molar-refractivity contribution in [1.29, 1.82) is 0 Å². The lowest BCUT2D eigenvalue weighted by Gasteiger charge is -2.45. The molecule has 5 atom stereocenters. The number of rotatable bonds is 12. The first-order valence-corrected chi connectivity index (χ1v) is 15.5. The summed E-state index contributed by atoms with van der Waals surface area (Å²) >= 11 is 0. The Morgan fingerprint density at radius 3 is 1.67 bits per heavy atom. The van der Waals surface area contributed by atoms with Crippen LogP contribution in [0.4, 0.5) is 0 Å². The van der Waals surface area contributed by atoms with E-state index in [1.807, 2.05) is 122 Å². The maximum Gasteiger partial charge on any atom is 0.337 e. The molecule has 7 heteroatoms. The quantitative estimate of drug-likeness (QED) is 0.134. The average Bonchev–Trinajstić information content (AvgIpc) is 3.10. The minimum atomic E-state index is -0.789. The number of ether oxygens (including phenoxy) is 6. The largest absolute Gasteiger partial charge is 0.465 e. The fraction of sp³-hybridized carbons (Fsp3) is 0.256. The summed E-state index contributed by atoms with van der Waals surface area (Å²) in [6.45, 7) is 3.10. The second-order valence-corrected chi connectivity index (χ2v) is 11.3. The number of fused-ring (bicyclic) bond motifs is 1. The van der Waals surface area contributed by atoms with Gasteiger partial charge in [0.1, 0.15) is 24.1 Å². The summed E-state index contributed by atoms with van der Waals surface area (Å²) in [5.74, 6) is 0.227. The maximum atomic E-state index is 12.0. The Bertz CT molecular complexity index is 1690. The van der Waals surface area contributed by atoms with Crippen LogP contribution in [0.3, 0.4) is 0 Å². The Kier molecular flexibility index (Phi) is 10.4. The third-order valence-electron chi connectivity index (χ3n) is 8.07. The molecule has 1 unspecified atom stereocenters. The zero-order valence-electron chi connectivity index (χ0n) is 26.0. The summed E-state index contributed by atoms with van der Waals surface area (Å²) in [5, 5.41) is 1.81. The first-order valence-electron chi connectivity index (χ1n) is 15.5. The first kappa shape index (κ1) is 31.5. The molecule has 0 amide bonds. The number of esters is 1. The topological polar surface area (TPSA) is 72.5 Å². The molecule has 1 saturated heterocycles. The monoisotopic (exact) mass is 618 g/mol. The number of hydrogen-bond donors (Lipinski definition) is 0. The number of carbonyl (C=O) groups is 1. The highest BCUT2D eigenvalue weighted by Gasteiger charge is 2.48. The molecule has 1 heterocycles. The second-order valence-electron chi connectivity index (χ2n) is 11.3. The summed E-state index contributed by atoms with van der Waals surface area (Å²) < 4.78 is 37.8. The van der Waals surface area contributed by atoms with Crippen LogP contribution in [0.15, 0.2) is 127 Å². The SMILES string of the molecule is COC(=O)c1ccc2cc(OC3O[C@@H](C)[C@@H](OCc4ccccc4)[C@@H](OCc4ccccc4)[C@@H]3OCc3ccccc3)ccc2c1. The predicted octanol–water partition coefficient (Wildman–Crippen LogP) is 7.51. The summed E-state index contributed by atoms with van der Waals surface area (Å²) in [4.78, 5) is 12.0. The van der Waals surface area contributed by atoms with Gasteiger partial charge in [0, 0.05) is 0 Å². The van der Waals surface area contributed by atoms with Crippen molar-refractivity contribution in [2.75, 3.05) is 7.11 Å². The lowest BCUT2D eigenvalue weighted by atomic mass is 9.98. The van der Waals surface area contributed by atoms with Crippen LogP contribution in [0.2, 0.25) is 0 Å². The van der Waals surface area contributed by atoms with Gasteiger partial charge in [-0.25, -0.2) is 4.79 Å². The minimum Gasteiger partial charge on any atom is -0.465 e. The van der Waals surface area contributed by atoms with Crippen LogP contribution >= 0.6 is 0 Å². The van der Waals surface area contributed by atoms with Crippen molar-refractivity contribution in [1.82, 2.24) is 0 Å². The summed E-state index contributed by atoms with van der Waals surface area (Å²) in [6, 6.07) is 41.3. The Morgan fingerprint density at radius 2 is 1.11 bits per heavy atom. The average molecular weight is 619 g/mol. The molecule has 0 aromatic heterocycles. The van der Waals surface area contributed by atoms with Crippen LogP contribution in [-0.2, 0) is 43.5 Å². The molecule has 1 fully saturated rings. The van der Waals surface area contributed by atoms with Gasteiger partial charge >= 0.3 is 5.97 Å². The highest BCUT2D eigenvalue weighted by molar-refractivity contribution is 5.95. The summed E-state index contributed by atoms with van der Waals surface area (Å²) in [6.07, 6.45) is -2.72. The van der Waals surface area contributed by atoms with Gasteiger partial charge in [-0.3, -0.25) is 0 Å². The maximum absolute atomic E-state index is 12.0. The molecule has 5 aromatic carbocycles. The van der Waals surface area contributed by atoms with Crippen LogP contribution in [0.5, 0.6) is 5.75 Å². The van der Waals surface area contributed by atoms with Gasteiger partial charge in [0.05, 0.1) is 38.6 Å². The zero-order chi connectivity index (χ0) is 31.7. The fourth-order valence-electron chi connectivity index (χ4n) is 5.64. The smallest absolute Gasteiger partial charge is 0.337 e. The standard InChI is InChI=1S/C39H38O7/c1-27-35(42-24-28-12-6-3-7-13-28)36(43-25-29-14-8-4-9-15-29)37(44-26-30-16-10-5-11-17-30)39(45-27)46-34-21-20-31-22-33(38(40)41-2)19-18-32(31)23-34/h3-23,27,35-37,39H,24-26H2,1-2H3/t27-,35+,36+,37-,39?/m0/s1. The lowest BCUT2D eigenvalue weighted by molar-refractivity contribution is -0.300. The van der Waals surface area contributed by atoms with Crippen molar-refractivity contribution in [2.24, 2.45) is 0 Å². The molecule has 0 radical (unpaired) electrons. The molecule has 0 spiro atoms. The van der Waals surface area contributed by atoms with Crippen molar-refractivity contribution in [3.05, 3.63) is 150 Å². The highest BCUT2D eigenvalue weighted by atomic mass is 16.7. The first-order chi connectivity index (χ1) is 22.6. The molecular formula is C39H38O7. The molecule has 236 valence electrons. The predicted molar refractivity (Wildman–Crippen MR) is 175 cm³/mol. The van der Waals surface area contributed by atoms with Gasteiger partial charge in [0.15, 0.2) is 0 Å². The molecule has 1 aliphatic heterocycles. The Balaban J connectivity index is 1.29. The van der Waals surface area contributed by atoms with Gasteiger partial charge in [-0.2, -0.15) is 0 Å². The van der Waals surface area contributed by atoms with Gasteiger partial charge in [-0.1, -0.05) is 103 Å². The van der Waals surface area contributed by atoms with E-state index in [4.69, 9.17) is 28.4 Å². The van der Waals surface area contributed by atoms with E-state index in [0.29, 0.717) is 31.1 Å². The molecule has 0 aliphatic carbocycles. The third-order valence-corrected chi connectivity index (χ3v) is 8.07. The normalized spacial score (nSPS) is 21.1. The van der Waals surface area contributed by atoms with Gasteiger partial charge in [-0.05, 0) is 58.7 Å². The molecule has 7 nitrogen and oxygen atoms in total. The molecule has 6 rings (SSSR count). The van der Waals surface area contributed by atoms with E-state index in [0.717, 1.165) is 27.5 Å². The molecular weight excluding hydrogens is 580 g/mol. The second kappa shape index (κ2) is 15.2. The Hall–Kier alpha value is -4.53. The number of hydrogen-bond acceptors (Lipinski definition) is 7. The molecule has 5 aromatic rings. The number of carbonyl (C=O) groups excluding carboxylic acids is 1. The molecule has 1 aliphatic rings. The van der Waals surface area contributed by atoms with E-state index in [9.17, 15) is 4.79 Å². The Morgan fingerprint density at radius 1 is 0.609 bits per heavy atom. The summed E-state index contributed by atoms with van der Waals surface area (Å²) in [5.41, 5.74) is 3.62. The van der Waals surface area contributed by atoms with Crippen molar-refractivity contribution < 1.29 is 33.2 Å². The summed E-state index contributed by atoms with van der Waals surface area (Å²) in [7, 11) is 1.37. The molecule has 46 heavy (non-hydrogen) atoms. The highest BCUT2D eigenvalue weighted by Crippen LogP contribution is 2.33. The van der Waals surface area contributed by atoms with E-state index in [1.165, 1.54) is 7.11 Å². The number of methoxy groups -OCH3 is 1. The van der Waals surface area contributed by atoms with Crippen LogP contribution in [0.25, 0.3) is 10.8 Å². The van der Waals surface area contributed by atoms with E-state index >= 15 is 0 Å². The van der Waals surface area contributed by atoms with Crippen LogP contribution in [0.1, 0.15) is 34.0 Å². The van der Waals surface area contributed by atoms with Crippen molar-refractivity contribution in [2.45, 2.75) is 57.5 Å². The van der Waals surface area contributed by atoms with Crippen molar-refractivity contribution in [3.8, 4) is 5.75 Å².